The van der Waals surface area contributed by atoms with Crippen molar-refractivity contribution >= 4 is 12.1 Å². The van der Waals surface area contributed by atoms with E-state index in [0.29, 0.717) is 30.2 Å². The summed E-state index contributed by atoms with van der Waals surface area (Å²) in [5, 5.41) is 0. The van der Waals surface area contributed by atoms with Gasteiger partial charge in [-0.25, -0.2) is 0 Å². The van der Waals surface area contributed by atoms with E-state index in [4.69, 9.17) is 4.99 Å². The Bertz CT molecular complexity index is 462. The summed E-state index contributed by atoms with van der Waals surface area (Å²) in [6.45, 7) is 18.3. The third-order valence-corrected chi connectivity index (χ3v) is 6.08. The molecule has 0 aliphatic carbocycles. The van der Waals surface area contributed by atoms with Crippen LogP contribution in [-0.4, -0.2) is 35.1 Å². The summed E-state index contributed by atoms with van der Waals surface area (Å²) in [4.78, 5) is 19.4. The predicted molar refractivity (Wildman–Crippen MR) is 104 cm³/mol. The minimum Gasteiger partial charge on any atom is -0.329 e. The van der Waals surface area contributed by atoms with Gasteiger partial charge in [-0.15, -0.1) is 0 Å². The van der Waals surface area contributed by atoms with Crippen LogP contribution in [0.25, 0.3) is 0 Å². The highest BCUT2D eigenvalue weighted by Crippen LogP contribution is 2.28. The molecule has 0 aromatic carbocycles. The van der Waals surface area contributed by atoms with Crippen molar-refractivity contribution in [1.82, 2.24) is 4.90 Å². The van der Waals surface area contributed by atoms with E-state index in [1.165, 1.54) is 6.42 Å². The minimum absolute atomic E-state index is 0.0333. The molecule has 0 saturated heterocycles. The van der Waals surface area contributed by atoms with Crippen molar-refractivity contribution in [3.8, 4) is 0 Å². The fourth-order valence-electron chi connectivity index (χ4n) is 3.08. The highest BCUT2D eigenvalue weighted by molar-refractivity contribution is 6.26. The van der Waals surface area contributed by atoms with Crippen LogP contribution in [-0.2, 0) is 4.79 Å². The van der Waals surface area contributed by atoms with Crippen LogP contribution in [0.4, 0.5) is 0 Å². The second-order valence-electron chi connectivity index (χ2n) is 8.56. The molecule has 3 unspecified atom stereocenters. The molecule has 1 aliphatic heterocycles. The molecule has 138 valence electrons. The summed E-state index contributed by atoms with van der Waals surface area (Å²) < 4.78 is 0. The Hall–Kier alpha value is -1.12. The monoisotopic (exact) mass is 334 g/mol. The molecule has 24 heavy (non-hydrogen) atoms. The first-order valence-electron chi connectivity index (χ1n) is 9.62. The first-order chi connectivity index (χ1) is 11.1. The van der Waals surface area contributed by atoms with E-state index in [0.717, 1.165) is 6.42 Å². The van der Waals surface area contributed by atoms with Gasteiger partial charge in [-0.1, -0.05) is 60.1 Å². The van der Waals surface area contributed by atoms with Crippen molar-refractivity contribution in [2.75, 3.05) is 6.54 Å². The molecular weight excluding hydrogens is 296 g/mol. The summed E-state index contributed by atoms with van der Waals surface area (Å²) in [6.07, 6.45) is 8.32. The van der Waals surface area contributed by atoms with E-state index in [1.807, 2.05) is 4.90 Å². The first kappa shape index (κ1) is 20.9. The average Bonchev–Trinajstić information content (AvgIpc) is 2.51. The third kappa shape index (κ3) is 5.19. The van der Waals surface area contributed by atoms with E-state index in [9.17, 15) is 4.79 Å². The Morgan fingerprint density at radius 1 is 1.25 bits per heavy atom. The number of nitrogens with zero attached hydrogens (tertiary/aromatic N) is 2. The quantitative estimate of drug-likeness (QED) is 0.654. The number of hydrogen-bond acceptors (Lipinski definition) is 2. The number of rotatable bonds is 5. The van der Waals surface area contributed by atoms with Gasteiger partial charge in [0, 0.05) is 12.1 Å². The summed E-state index contributed by atoms with van der Waals surface area (Å²) in [7, 11) is 0. The summed E-state index contributed by atoms with van der Waals surface area (Å²) in [5.74, 6) is 2.03. The Labute approximate surface area is 149 Å². The topological polar surface area (TPSA) is 32.7 Å². The lowest BCUT2D eigenvalue weighted by Crippen LogP contribution is -2.51. The van der Waals surface area contributed by atoms with Gasteiger partial charge in [-0.2, -0.15) is 0 Å². The number of carbonyl (C=O) groups excluding carboxylic acids is 1. The SMILES string of the molecule is CCC(C)C1C=CCN(C(C)(C)C(C)C)C(=O)/C=N\C(C(C)C)C1. The van der Waals surface area contributed by atoms with Crippen LogP contribution in [0.15, 0.2) is 17.1 Å². The molecule has 3 heteroatoms. The van der Waals surface area contributed by atoms with Crippen molar-refractivity contribution in [2.45, 2.75) is 79.8 Å². The number of hydrogen-bond donors (Lipinski definition) is 0. The average molecular weight is 335 g/mol. The maximum absolute atomic E-state index is 12.8. The van der Waals surface area contributed by atoms with Crippen molar-refractivity contribution in [2.24, 2.45) is 28.7 Å². The number of allylic oxidation sites excluding steroid dienone is 1. The lowest BCUT2D eigenvalue weighted by molar-refractivity contribution is -0.129. The van der Waals surface area contributed by atoms with Gasteiger partial charge in [0.1, 0.15) is 0 Å². The molecule has 1 amide bonds. The van der Waals surface area contributed by atoms with Crippen LogP contribution in [0.1, 0.15) is 68.2 Å². The highest BCUT2D eigenvalue weighted by atomic mass is 16.2. The molecular formula is C21H38N2O. The number of aliphatic imine (C=N–C) groups is 1. The Morgan fingerprint density at radius 2 is 1.88 bits per heavy atom. The zero-order chi connectivity index (χ0) is 18.5. The van der Waals surface area contributed by atoms with Gasteiger partial charge >= 0.3 is 0 Å². The van der Waals surface area contributed by atoms with Gasteiger partial charge in [0.15, 0.2) is 0 Å². The van der Waals surface area contributed by atoms with Gasteiger partial charge in [0.2, 0.25) is 0 Å². The largest absolute Gasteiger partial charge is 0.329 e. The zero-order valence-electron chi connectivity index (χ0n) is 17.0. The van der Waals surface area contributed by atoms with Crippen LogP contribution < -0.4 is 0 Å². The van der Waals surface area contributed by atoms with Crippen LogP contribution in [0.5, 0.6) is 0 Å². The molecule has 3 nitrogen and oxygen atoms in total. The van der Waals surface area contributed by atoms with E-state index in [1.54, 1.807) is 6.21 Å². The maximum atomic E-state index is 12.8. The van der Waals surface area contributed by atoms with Gasteiger partial charge in [0.25, 0.3) is 5.91 Å². The van der Waals surface area contributed by atoms with E-state index in [2.05, 4.69) is 67.5 Å². The molecule has 0 radical (unpaired) electrons. The Morgan fingerprint density at radius 3 is 2.38 bits per heavy atom. The van der Waals surface area contributed by atoms with Gasteiger partial charge in [0.05, 0.1) is 12.3 Å². The molecule has 0 aromatic heterocycles. The van der Waals surface area contributed by atoms with Crippen LogP contribution in [0.3, 0.4) is 0 Å². The Kier molecular flexibility index (Phi) is 7.69. The van der Waals surface area contributed by atoms with Gasteiger partial charge in [-0.3, -0.25) is 9.79 Å². The van der Waals surface area contributed by atoms with Crippen LogP contribution in [0, 0.1) is 23.7 Å². The standard InChI is InChI=1S/C21H38N2O/c1-9-17(6)18-11-10-12-23(21(7,8)16(4)5)20(24)14-22-19(13-18)15(2)3/h10-11,14-19H,9,12-13H2,1-8H3/b11-10?,22-14-. The van der Waals surface area contributed by atoms with Gasteiger partial charge in [-0.05, 0) is 43.9 Å². The lowest BCUT2D eigenvalue weighted by atomic mass is 9.83. The molecule has 0 saturated carbocycles. The molecule has 0 N–H and O–H groups in total. The lowest BCUT2D eigenvalue weighted by Gasteiger charge is -2.41. The number of carbonyl (C=O) groups is 1. The highest BCUT2D eigenvalue weighted by Gasteiger charge is 2.33. The van der Waals surface area contributed by atoms with E-state index >= 15 is 0 Å². The van der Waals surface area contributed by atoms with Crippen molar-refractivity contribution in [1.29, 1.82) is 0 Å². The fraction of sp³-hybridized carbons (Fsp3) is 0.810. The molecule has 0 aromatic rings. The second kappa shape index (κ2) is 8.82. The van der Waals surface area contributed by atoms with Crippen molar-refractivity contribution < 1.29 is 4.79 Å². The smallest absolute Gasteiger partial charge is 0.265 e. The zero-order valence-corrected chi connectivity index (χ0v) is 17.0. The third-order valence-electron chi connectivity index (χ3n) is 6.08. The normalized spacial score (nSPS) is 26.1. The van der Waals surface area contributed by atoms with Crippen molar-refractivity contribution in [3.05, 3.63) is 12.2 Å². The summed E-state index contributed by atoms with van der Waals surface area (Å²) >= 11 is 0. The molecule has 0 fully saturated rings. The fourth-order valence-corrected chi connectivity index (χ4v) is 3.08. The maximum Gasteiger partial charge on any atom is 0.265 e. The summed E-state index contributed by atoms with van der Waals surface area (Å²) in [6, 6.07) is 0.208. The second-order valence-corrected chi connectivity index (χ2v) is 8.56. The van der Waals surface area contributed by atoms with Crippen LogP contribution in [0.2, 0.25) is 0 Å². The summed E-state index contributed by atoms with van der Waals surface area (Å²) in [5.41, 5.74) is -0.189. The predicted octanol–water partition coefficient (Wildman–Crippen LogP) is 4.97. The van der Waals surface area contributed by atoms with Gasteiger partial charge < -0.3 is 4.90 Å². The number of amides is 1. The first-order valence-corrected chi connectivity index (χ1v) is 9.62. The van der Waals surface area contributed by atoms with E-state index < -0.39 is 0 Å². The molecule has 0 bridgehead atoms. The minimum atomic E-state index is -0.189. The molecule has 1 rings (SSSR count). The molecule has 0 spiro atoms. The van der Waals surface area contributed by atoms with Crippen LogP contribution >= 0.6 is 0 Å². The molecule has 1 aliphatic rings. The Balaban J connectivity index is 3.17. The van der Waals surface area contributed by atoms with Crippen molar-refractivity contribution in [3.63, 3.8) is 0 Å². The molecule has 3 atom stereocenters. The van der Waals surface area contributed by atoms with E-state index in [-0.39, 0.29) is 17.5 Å². The molecule has 1 heterocycles.